The summed E-state index contributed by atoms with van der Waals surface area (Å²) in [6.45, 7) is 0.514. The molecule has 0 aromatic heterocycles. The second kappa shape index (κ2) is 9.45. The van der Waals surface area contributed by atoms with E-state index in [0.29, 0.717) is 18.7 Å². The highest BCUT2D eigenvalue weighted by Gasteiger charge is 2.41. The molecule has 10 heteroatoms. The second-order valence-electron chi connectivity index (χ2n) is 5.22. The van der Waals surface area contributed by atoms with E-state index in [0.717, 1.165) is 5.56 Å². The van der Waals surface area contributed by atoms with E-state index < -0.39 is 18.1 Å². The topological polar surface area (TPSA) is 105 Å². The SMILES string of the molecule is COC(=O)[C@@H]1C[C@@H](SSC)CN1C(=O)OCc1ccc(N=[N+]=[N-])cc1. The first-order chi connectivity index (χ1) is 12.1. The highest BCUT2D eigenvalue weighted by molar-refractivity contribution is 8.76. The highest BCUT2D eigenvalue weighted by Crippen LogP contribution is 2.34. The lowest BCUT2D eigenvalue weighted by molar-refractivity contribution is -0.145. The number of amides is 1. The third-order valence-corrected chi connectivity index (χ3v) is 5.86. The molecule has 0 bridgehead atoms. The predicted octanol–water partition coefficient (Wildman–Crippen LogP) is 3.89. The summed E-state index contributed by atoms with van der Waals surface area (Å²) in [7, 11) is 4.54. The van der Waals surface area contributed by atoms with Crippen LogP contribution in [0.1, 0.15) is 12.0 Å². The molecule has 0 aliphatic carbocycles. The van der Waals surface area contributed by atoms with Crippen LogP contribution in [0, 0.1) is 0 Å². The fourth-order valence-electron chi connectivity index (χ4n) is 2.50. The first-order valence-corrected chi connectivity index (χ1v) is 10.1. The van der Waals surface area contributed by atoms with Crippen LogP contribution in [0.4, 0.5) is 10.5 Å². The van der Waals surface area contributed by atoms with Crippen molar-refractivity contribution in [3.8, 4) is 0 Å². The Kier molecular flexibility index (Phi) is 7.30. The minimum Gasteiger partial charge on any atom is -0.467 e. The first kappa shape index (κ1) is 19.3. The van der Waals surface area contributed by atoms with Gasteiger partial charge in [0.15, 0.2) is 0 Å². The van der Waals surface area contributed by atoms with Gasteiger partial charge in [0.2, 0.25) is 0 Å². The summed E-state index contributed by atoms with van der Waals surface area (Å²) >= 11 is 0. The molecular formula is C15H18N4O4S2. The van der Waals surface area contributed by atoms with Gasteiger partial charge in [-0.1, -0.05) is 51.0 Å². The quantitative estimate of drug-likeness (QED) is 0.243. The van der Waals surface area contributed by atoms with E-state index in [1.165, 1.54) is 12.0 Å². The van der Waals surface area contributed by atoms with Gasteiger partial charge >= 0.3 is 12.1 Å². The summed E-state index contributed by atoms with van der Waals surface area (Å²) in [6, 6.07) is 6.09. The maximum atomic E-state index is 12.4. The number of methoxy groups -OCH3 is 1. The molecule has 2 atom stereocenters. The molecule has 0 spiro atoms. The van der Waals surface area contributed by atoms with Crippen LogP contribution in [0.15, 0.2) is 29.4 Å². The number of esters is 1. The predicted molar refractivity (Wildman–Crippen MR) is 97.5 cm³/mol. The van der Waals surface area contributed by atoms with E-state index >= 15 is 0 Å². The largest absolute Gasteiger partial charge is 0.467 e. The molecule has 2 rings (SSSR count). The van der Waals surface area contributed by atoms with Crippen LogP contribution in [0.25, 0.3) is 10.4 Å². The molecule has 1 aromatic carbocycles. The van der Waals surface area contributed by atoms with Crippen molar-refractivity contribution in [1.29, 1.82) is 0 Å². The standard InChI is InChI=1S/C15H18N4O4S2/c1-22-14(20)13-7-12(25-24-2)8-19(13)15(21)23-9-10-3-5-11(6-4-10)17-18-16/h3-6,12-13H,7-9H2,1-2H3/t12-,13+/m1/s1. The van der Waals surface area contributed by atoms with Gasteiger partial charge in [-0.05, 0) is 23.8 Å². The maximum Gasteiger partial charge on any atom is 0.410 e. The van der Waals surface area contributed by atoms with Crippen molar-refractivity contribution in [2.45, 2.75) is 24.3 Å². The summed E-state index contributed by atoms with van der Waals surface area (Å²) in [5.41, 5.74) is 9.62. The van der Waals surface area contributed by atoms with Crippen LogP contribution in [-0.4, -0.2) is 48.2 Å². The number of carbonyl (C=O) groups excluding carboxylic acids is 2. The van der Waals surface area contributed by atoms with Gasteiger partial charge in [0.25, 0.3) is 0 Å². The molecule has 1 aliphatic rings. The van der Waals surface area contributed by atoms with Crippen molar-refractivity contribution in [2.75, 3.05) is 19.9 Å². The maximum absolute atomic E-state index is 12.4. The number of ether oxygens (including phenoxy) is 2. The van der Waals surface area contributed by atoms with Gasteiger partial charge in [-0.25, -0.2) is 9.59 Å². The minimum atomic E-state index is -0.616. The number of nitrogens with zero attached hydrogens (tertiary/aromatic N) is 4. The van der Waals surface area contributed by atoms with Crippen LogP contribution in [-0.2, 0) is 20.9 Å². The summed E-state index contributed by atoms with van der Waals surface area (Å²) in [6.07, 6.45) is 1.96. The van der Waals surface area contributed by atoms with Gasteiger partial charge in [-0.3, -0.25) is 4.90 Å². The summed E-state index contributed by atoms with van der Waals surface area (Å²) < 4.78 is 10.1. The van der Waals surface area contributed by atoms with Gasteiger partial charge < -0.3 is 9.47 Å². The van der Waals surface area contributed by atoms with E-state index in [1.807, 2.05) is 6.26 Å². The molecule has 1 heterocycles. The molecule has 0 N–H and O–H groups in total. The van der Waals surface area contributed by atoms with Crippen LogP contribution < -0.4 is 0 Å². The zero-order valence-corrected chi connectivity index (χ0v) is 15.5. The Bertz CT molecular complexity index is 664. The van der Waals surface area contributed by atoms with Crippen molar-refractivity contribution in [3.63, 3.8) is 0 Å². The van der Waals surface area contributed by atoms with Crippen molar-refractivity contribution in [2.24, 2.45) is 5.11 Å². The Balaban J connectivity index is 1.97. The molecule has 1 aliphatic heterocycles. The van der Waals surface area contributed by atoms with Crippen LogP contribution >= 0.6 is 21.6 Å². The van der Waals surface area contributed by atoms with Crippen LogP contribution in [0.3, 0.4) is 0 Å². The zero-order chi connectivity index (χ0) is 18.2. The number of hydrogen-bond donors (Lipinski definition) is 0. The fraction of sp³-hybridized carbons (Fsp3) is 0.467. The Labute approximate surface area is 153 Å². The fourth-order valence-corrected chi connectivity index (χ4v) is 4.49. The molecule has 0 radical (unpaired) electrons. The summed E-state index contributed by atoms with van der Waals surface area (Å²) in [5.74, 6) is -0.431. The second-order valence-corrected chi connectivity index (χ2v) is 7.99. The Morgan fingerprint density at radius 2 is 2.12 bits per heavy atom. The number of likely N-dealkylation sites (tertiary alicyclic amines) is 1. The van der Waals surface area contributed by atoms with Crippen molar-refractivity contribution in [3.05, 3.63) is 40.3 Å². The van der Waals surface area contributed by atoms with Gasteiger partial charge in [-0.2, -0.15) is 0 Å². The molecule has 25 heavy (non-hydrogen) atoms. The van der Waals surface area contributed by atoms with Crippen LogP contribution in [0.2, 0.25) is 0 Å². The number of azide groups is 1. The minimum absolute atomic E-state index is 0.0696. The van der Waals surface area contributed by atoms with Crippen LogP contribution in [0.5, 0.6) is 0 Å². The van der Waals surface area contributed by atoms with Gasteiger partial charge in [0.1, 0.15) is 12.6 Å². The first-order valence-electron chi connectivity index (χ1n) is 7.43. The van der Waals surface area contributed by atoms with E-state index in [2.05, 4.69) is 10.0 Å². The normalized spacial score (nSPS) is 19.2. The molecule has 1 fully saturated rings. The lowest BCUT2D eigenvalue weighted by Gasteiger charge is -2.21. The summed E-state index contributed by atoms with van der Waals surface area (Å²) in [4.78, 5) is 28.4. The Morgan fingerprint density at radius 3 is 2.72 bits per heavy atom. The third kappa shape index (κ3) is 5.22. The van der Waals surface area contributed by atoms with Crippen molar-refractivity contribution >= 4 is 39.3 Å². The Hall–Kier alpha value is -2.03. The van der Waals surface area contributed by atoms with Gasteiger partial charge in [0, 0.05) is 22.4 Å². The van der Waals surface area contributed by atoms with E-state index in [9.17, 15) is 9.59 Å². The molecule has 0 unspecified atom stereocenters. The lowest BCUT2D eigenvalue weighted by atomic mass is 10.2. The van der Waals surface area contributed by atoms with Crippen molar-refractivity contribution < 1.29 is 19.1 Å². The number of rotatable bonds is 6. The third-order valence-electron chi connectivity index (χ3n) is 3.66. The molecule has 8 nitrogen and oxygen atoms in total. The van der Waals surface area contributed by atoms with Gasteiger partial charge in [0.05, 0.1) is 7.11 Å². The number of carbonyl (C=O) groups is 2. The number of hydrogen-bond acceptors (Lipinski definition) is 7. The summed E-state index contributed by atoms with van der Waals surface area (Å²) in [5, 5.41) is 3.64. The van der Waals surface area contributed by atoms with Gasteiger partial charge in [-0.15, -0.1) is 0 Å². The zero-order valence-electron chi connectivity index (χ0n) is 13.8. The molecule has 1 saturated heterocycles. The molecule has 134 valence electrons. The molecule has 1 amide bonds. The average Bonchev–Trinajstić information content (AvgIpc) is 3.05. The average molecular weight is 382 g/mol. The smallest absolute Gasteiger partial charge is 0.410 e. The van der Waals surface area contributed by atoms with E-state index in [-0.39, 0.29) is 11.9 Å². The van der Waals surface area contributed by atoms with Crippen molar-refractivity contribution in [1.82, 2.24) is 4.90 Å². The Morgan fingerprint density at radius 1 is 1.40 bits per heavy atom. The van der Waals surface area contributed by atoms with E-state index in [1.54, 1.807) is 45.9 Å². The molecule has 0 saturated carbocycles. The molecule has 1 aromatic rings. The van der Waals surface area contributed by atoms with E-state index in [4.69, 9.17) is 15.0 Å². The monoisotopic (exact) mass is 382 g/mol. The molecular weight excluding hydrogens is 364 g/mol. The highest BCUT2D eigenvalue weighted by atomic mass is 33.1. The number of benzene rings is 1. The lowest BCUT2D eigenvalue weighted by Crippen LogP contribution is -2.41.